The summed E-state index contributed by atoms with van der Waals surface area (Å²) in [7, 11) is 0. The van der Waals surface area contributed by atoms with Crippen LogP contribution in [0.25, 0.3) is 0 Å². The van der Waals surface area contributed by atoms with Crippen LogP contribution in [0.1, 0.15) is 45.6 Å². The minimum atomic E-state index is -0.0784. The van der Waals surface area contributed by atoms with Crippen molar-refractivity contribution in [3.63, 3.8) is 0 Å². The normalized spacial score (nSPS) is 12.9. The molecule has 0 aromatic heterocycles. The highest BCUT2D eigenvalue weighted by Gasteiger charge is 2.24. The number of rotatable bonds is 6. The first-order valence-corrected chi connectivity index (χ1v) is 6.37. The molecule has 1 aromatic carbocycles. The molecule has 0 aliphatic heterocycles. The van der Waals surface area contributed by atoms with E-state index in [2.05, 4.69) is 51.1 Å². The van der Waals surface area contributed by atoms with Crippen LogP contribution in [-0.4, -0.2) is 11.0 Å². The lowest BCUT2D eigenvalue weighted by molar-refractivity contribution is 0.292. The third kappa shape index (κ3) is 5.85. The largest absolute Gasteiger partial charge is 0.412 e. The Labute approximate surface area is 106 Å². The summed E-state index contributed by atoms with van der Waals surface area (Å²) in [5.41, 5.74) is 7.59. The van der Waals surface area contributed by atoms with Gasteiger partial charge in [0.15, 0.2) is 0 Å². The van der Waals surface area contributed by atoms with Crippen LogP contribution in [0.4, 0.5) is 0 Å². The quantitative estimate of drug-likeness (QED) is 0.812. The average Bonchev–Trinajstić information content (AvgIpc) is 2.24. The monoisotopic (exact) mass is 237 g/mol. The summed E-state index contributed by atoms with van der Waals surface area (Å²) in [6.45, 7) is 6.54. The smallest absolute Gasteiger partial charge is 0.0129 e. The lowest BCUT2D eigenvalue weighted by Crippen LogP contribution is -2.42. The first-order chi connectivity index (χ1) is 7.54. The lowest BCUT2D eigenvalue weighted by atomic mass is 9.80. The average molecular weight is 237 g/mol. The highest BCUT2D eigenvalue weighted by molar-refractivity contribution is 5.16. The van der Waals surface area contributed by atoms with Crippen LogP contribution in [0.5, 0.6) is 0 Å². The van der Waals surface area contributed by atoms with E-state index in [9.17, 15) is 0 Å². The second-order valence-corrected chi connectivity index (χ2v) is 5.35. The molecule has 2 nitrogen and oxygen atoms in total. The molecule has 4 N–H and O–H groups in total. The van der Waals surface area contributed by atoms with Gasteiger partial charge in [-0.3, -0.25) is 0 Å². The van der Waals surface area contributed by atoms with Crippen LogP contribution in [-0.2, 0) is 6.42 Å². The standard InChI is InChI=1S/C15H25N.H2O/c1-4-5-11-14(15(2,3)16)12-13-9-7-6-8-10-13;/h6-10,14H,4-5,11-12,16H2,1-3H3;1H2. The fourth-order valence-corrected chi connectivity index (χ4v) is 2.09. The Bertz CT molecular complexity index is 290. The molecule has 98 valence electrons. The van der Waals surface area contributed by atoms with Gasteiger partial charge in [-0.25, -0.2) is 0 Å². The highest BCUT2D eigenvalue weighted by Crippen LogP contribution is 2.24. The van der Waals surface area contributed by atoms with E-state index in [0.717, 1.165) is 6.42 Å². The minimum absolute atomic E-state index is 0. The van der Waals surface area contributed by atoms with Crippen molar-refractivity contribution in [2.45, 2.75) is 52.0 Å². The minimum Gasteiger partial charge on any atom is -0.412 e. The van der Waals surface area contributed by atoms with Crippen molar-refractivity contribution in [3.8, 4) is 0 Å². The van der Waals surface area contributed by atoms with Crippen molar-refractivity contribution in [1.82, 2.24) is 0 Å². The summed E-state index contributed by atoms with van der Waals surface area (Å²) < 4.78 is 0. The van der Waals surface area contributed by atoms with Gasteiger partial charge in [-0.1, -0.05) is 50.1 Å². The summed E-state index contributed by atoms with van der Waals surface area (Å²) in [6, 6.07) is 10.7. The molecule has 1 unspecified atom stereocenters. The number of hydrogen-bond acceptors (Lipinski definition) is 1. The van der Waals surface area contributed by atoms with Crippen LogP contribution in [0.15, 0.2) is 30.3 Å². The Balaban J connectivity index is 0.00000256. The van der Waals surface area contributed by atoms with Gasteiger partial charge in [-0.15, -0.1) is 0 Å². The molecule has 0 bridgehead atoms. The first-order valence-electron chi connectivity index (χ1n) is 6.37. The highest BCUT2D eigenvalue weighted by atomic mass is 16.0. The van der Waals surface area contributed by atoms with Crippen molar-refractivity contribution in [2.75, 3.05) is 0 Å². The molecule has 1 aromatic rings. The number of nitrogens with two attached hydrogens (primary N) is 1. The van der Waals surface area contributed by atoms with Crippen molar-refractivity contribution in [2.24, 2.45) is 11.7 Å². The third-order valence-corrected chi connectivity index (χ3v) is 3.28. The molecular formula is C15H27NO. The van der Waals surface area contributed by atoms with E-state index in [0.29, 0.717) is 5.92 Å². The summed E-state index contributed by atoms with van der Waals surface area (Å²) >= 11 is 0. The SMILES string of the molecule is CCCCC(Cc1ccccc1)C(C)(C)N.O. The van der Waals surface area contributed by atoms with Gasteiger partial charge in [0.25, 0.3) is 0 Å². The van der Waals surface area contributed by atoms with Crippen molar-refractivity contribution in [1.29, 1.82) is 0 Å². The van der Waals surface area contributed by atoms with Crippen LogP contribution < -0.4 is 5.73 Å². The molecule has 1 atom stereocenters. The van der Waals surface area contributed by atoms with Crippen LogP contribution in [0, 0.1) is 5.92 Å². The molecule has 0 saturated carbocycles. The van der Waals surface area contributed by atoms with Gasteiger partial charge in [0, 0.05) is 5.54 Å². The van der Waals surface area contributed by atoms with Gasteiger partial charge in [-0.2, -0.15) is 0 Å². The molecule has 0 aliphatic rings. The van der Waals surface area contributed by atoms with E-state index in [1.807, 2.05) is 0 Å². The van der Waals surface area contributed by atoms with E-state index in [-0.39, 0.29) is 11.0 Å². The molecule has 17 heavy (non-hydrogen) atoms. The zero-order valence-corrected chi connectivity index (χ0v) is 11.4. The van der Waals surface area contributed by atoms with E-state index >= 15 is 0 Å². The van der Waals surface area contributed by atoms with Crippen molar-refractivity contribution >= 4 is 0 Å². The van der Waals surface area contributed by atoms with E-state index < -0.39 is 0 Å². The maximum Gasteiger partial charge on any atom is 0.0129 e. The molecule has 0 amide bonds. The molecular weight excluding hydrogens is 210 g/mol. The fraction of sp³-hybridized carbons (Fsp3) is 0.600. The van der Waals surface area contributed by atoms with Gasteiger partial charge in [-0.05, 0) is 38.2 Å². The number of hydrogen-bond donors (Lipinski definition) is 1. The Kier molecular flexibility index (Phi) is 7.09. The number of unbranched alkanes of at least 4 members (excludes halogenated alkanes) is 1. The van der Waals surface area contributed by atoms with Gasteiger partial charge in [0.1, 0.15) is 0 Å². The summed E-state index contributed by atoms with van der Waals surface area (Å²) in [5.74, 6) is 0.579. The van der Waals surface area contributed by atoms with Crippen molar-refractivity contribution in [3.05, 3.63) is 35.9 Å². The first kappa shape index (κ1) is 16.1. The Morgan fingerprint density at radius 2 is 1.76 bits per heavy atom. The van der Waals surface area contributed by atoms with E-state index in [1.54, 1.807) is 0 Å². The summed E-state index contributed by atoms with van der Waals surface area (Å²) in [5, 5.41) is 0. The maximum atomic E-state index is 6.27. The second kappa shape index (κ2) is 7.46. The molecule has 0 fully saturated rings. The molecule has 0 heterocycles. The molecule has 0 aliphatic carbocycles. The Morgan fingerprint density at radius 1 is 1.18 bits per heavy atom. The molecule has 0 saturated heterocycles. The van der Waals surface area contributed by atoms with Gasteiger partial charge >= 0.3 is 0 Å². The topological polar surface area (TPSA) is 57.5 Å². The van der Waals surface area contributed by atoms with Crippen LogP contribution in [0.3, 0.4) is 0 Å². The van der Waals surface area contributed by atoms with Crippen molar-refractivity contribution < 1.29 is 5.48 Å². The molecule has 2 heteroatoms. The predicted molar refractivity (Wildman–Crippen MR) is 75.0 cm³/mol. The van der Waals surface area contributed by atoms with E-state index in [1.165, 1.54) is 24.8 Å². The summed E-state index contributed by atoms with van der Waals surface area (Å²) in [6.07, 6.45) is 4.86. The van der Waals surface area contributed by atoms with Gasteiger partial charge in [0.05, 0.1) is 0 Å². The summed E-state index contributed by atoms with van der Waals surface area (Å²) in [4.78, 5) is 0. The zero-order valence-electron chi connectivity index (χ0n) is 11.4. The lowest BCUT2D eigenvalue weighted by Gasteiger charge is -2.31. The maximum absolute atomic E-state index is 6.27. The number of benzene rings is 1. The molecule has 0 radical (unpaired) electrons. The second-order valence-electron chi connectivity index (χ2n) is 5.35. The Morgan fingerprint density at radius 3 is 2.24 bits per heavy atom. The third-order valence-electron chi connectivity index (χ3n) is 3.28. The molecule has 0 spiro atoms. The zero-order chi connectivity index (χ0) is 12.0. The Hall–Kier alpha value is -0.860. The predicted octanol–water partition coefficient (Wildman–Crippen LogP) is 2.95. The van der Waals surface area contributed by atoms with Gasteiger partial charge in [0.2, 0.25) is 0 Å². The van der Waals surface area contributed by atoms with Crippen LogP contribution >= 0.6 is 0 Å². The molecule has 1 rings (SSSR count). The fourth-order valence-electron chi connectivity index (χ4n) is 2.09. The van der Waals surface area contributed by atoms with Gasteiger partial charge < -0.3 is 11.2 Å². The van der Waals surface area contributed by atoms with E-state index in [4.69, 9.17) is 5.73 Å². The van der Waals surface area contributed by atoms with Crippen LogP contribution in [0.2, 0.25) is 0 Å².